The second kappa shape index (κ2) is 58.1. The molecule has 1 atom stereocenters. The molecule has 71 heavy (non-hydrogen) atoms. The molecule has 6 heteroatoms. The van der Waals surface area contributed by atoms with E-state index in [1.54, 1.807) is 0 Å². The number of rotatable bonds is 50. The number of hydrogen-bond acceptors (Lipinski definition) is 6. The van der Waals surface area contributed by atoms with E-state index in [1.165, 1.54) is 64.2 Å². The third kappa shape index (κ3) is 56.3. The summed E-state index contributed by atoms with van der Waals surface area (Å²) in [6.45, 7) is 6.33. The molecule has 0 radical (unpaired) electrons. The highest BCUT2D eigenvalue weighted by atomic mass is 16.6. The summed E-state index contributed by atoms with van der Waals surface area (Å²) >= 11 is 0. The molecule has 0 N–H and O–H groups in total. The molecular weight excluding hydrogens is 877 g/mol. The van der Waals surface area contributed by atoms with Crippen LogP contribution in [0.15, 0.2) is 134 Å². The van der Waals surface area contributed by atoms with Gasteiger partial charge in [-0.2, -0.15) is 0 Å². The summed E-state index contributed by atoms with van der Waals surface area (Å²) in [6, 6.07) is 0. The molecule has 6 nitrogen and oxygen atoms in total. The Labute approximate surface area is 436 Å². The summed E-state index contributed by atoms with van der Waals surface area (Å²) < 4.78 is 16.8. The fourth-order valence-corrected chi connectivity index (χ4v) is 7.37. The van der Waals surface area contributed by atoms with E-state index < -0.39 is 6.10 Å². The SMILES string of the molecule is CC/C=C\C/C=C\C/C=C\C/C=C\C/C=C\CCCCCC(=O)OCC(COC(=O)CCCCCCCCC/C=C\CCCCCC)OC(=O)CCCCC/C=C\C/C=C\C/C=C\C/C=C\C/C=C\CC. The highest BCUT2D eigenvalue weighted by molar-refractivity contribution is 5.71. The minimum absolute atomic E-state index is 0.109. The number of carbonyl (C=O) groups is 3. The summed E-state index contributed by atoms with van der Waals surface area (Å²) in [6.07, 6.45) is 81.5. The van der Waals surface area contributed by atoms with Gasteiger partial charge in [-0.15, -0.1) is 0 Å². The van der Waals surface area contributed by atoms with Gasteiger partial charge >= 0.3 is 17.9 Å². The fourth-order valence-electron chi connectivity index (χ4n) is 7.37. The second-order valence-corrected chi connectivity index (χ2v) is 18.4. The largest absolute Gasteiger partial charge is 0.462 e. The predicted octanol–water partition coefficient (Wildman–Crippen LogP) is 19.4. The molecule has 0 aromatic heterocycles. The average Bonchev–Trinajstić information content (AvgIpc) is 3.37. The van der Waals surface area contributed by atoms with E-state index in [-0.39, 0.29) is 37.5 Å². The number of esters is 3. The van der Waals surface area contributed by atoms with Crippen molar-refractivity contribution < 1.29 is 28.6 Å². The Balaban J connectivity index is 4.55. The van der Waals surface area contributed by atoms with Crippen LogP contribution in [0.5, 0.6) is 0 Å². The highest BCUT2D eigenvalue weighted by Crippen LogP contribution is 2.13. The molecule has 0 fully saturated rings. The maximum atomic E-state index is 12.9. The zero-order valence-electron chi connectivity index (χ0n) is 45.7. The fraction of sp³-hybridized carbons (Fsp3) is 0.615. The van der Waals surface area contributed by atoms with Crippen molar-refractivity contribution in [2.75, 3.05) is 13.2 Å². The van der Waals surface area contributed by atoms with Crippen molar-refractivity contribution in [1.82, 2.24) is 0 Å². The van der Waals surface area contributed by atoms with E-state index >= 15 is 0 Å². The molecule has 0 rings (SSSR count). The molecule has 0 aliphatic heterocycles. The third-order valence-electron chi connectivity index (χ3n) is 11.6. The highest BCUT2D eigenvalue weighted by Gasteiger charge is 2.19. The smallest absolute Gasteiger partial charge is 0.306 e. The molecular formula is C65H104O6. The Kier molecular flexibility index (Phi) is 54.5. The normalized spacial score (nSPS) is 13.1. The van der Waals surface area contributed by atoms with Crippen molar-refractivity contribution in [3.05, 3.63) is 134 Å². The first-order chi connectivity index (χ1) is 35.0. The van der Waals surface area contributed by atoms with Gasteiger partial charge in [0.05, 0.1) is 0 Å². The van der Waals surface area contributed by atoms with E-state index in [9.17, 15) is 14.4 Å². The molecule has 1 unspecified atom stereocenters. The van der Waals surface area contributed by atoms with Crippen molar-refractivity contribution in [3.8, 4) is 0 Å². The van der Waals surface area contributed by atoms with Crippen molar-refractivity contribution in [2.45, 2.75) is 245 Å². The Morgan fingerprint density at radius 2 is 0.549 bits per heavy atom. The molecule has 0 aromatic rings. The number of hydrogen-bond donors (Lipinski definition) is 0. The number of allylic oxidation sites excluding steroid dienone is 22. The van der Waals surface area contributed by atoms with Crippen LogP contribution >= 0.6 is 0 Å². The van der Waals surface area contributed by atoms with Gasteiger partial charge in [0.1, 0.15) is 13.2 Å². The first-order valence-electron chi connectivity index (χ1n) is 28.7. The summed E-state index contributed by atoms with van der Waals surface area (Å²) in [5, 5.41) is 0. The zero-order chi connectivity index (χ0) is 51.4. The molecule has 0 saturated heterocycles. The quantitative estimate of drug-likeness (QED) is 0.0262. The van der Waals surface area contributed by atoms with Gasteiger partial charge in [-0.25, -0.2) is 0 Å². The molecule has 0 saturated carbocycles. The molecule has 0 aliphatic rings. The van der Waals surface area contributed by atoms with Crippen molar-refractivity contribution in [1.29, 1.82) is 0 Å². The van der Waals surface area contributed by atoms with Gasteiger partial charge in [-0.1, -0.05) is 219 Å². The van der Waals surface area contributed by atoms with Gasteiger partial charge in [-0.05, 0) is 135 Å². The van der Waals surface area contributed by atoms with Gasteiger partial charge in [-0.3, -0.25) is 14.4 Å². The van der Waals surface area contributed by atoms with E-state index in [1.807, 2.05) is 0 Å². The summed E-state index contributed by atoms with van der Waals surface area (Å²) in [4.78, 5) is 38.2. The van der Waals surface area contributed by atoms with Gasteiger partial charge in [0, 0.05) is 19.3 Å². The Hall–Kier alpha value is -4.45. The zero-order valence-corrected chi connectivity index (χ0v) is 45.7. The van der Waals surface area contributed by atoms with Crippen molar-refractivity contribution >= 4 is 17.9 Å². The molecule has 0 bridgehead atoms. The molecule has 400 valence electrons. The lowest BCUT2D eigenvalue weighted by Crippen LogP contribution is -2.30. The minimum Gasteiger partial charge on any atom is -0.462 e. The predicted molar refractivity (Wildman–Crippen MR) is 306 cm³/mol. The third-order valence-corrected chi connectivity index (χ3v) is 11.6. The van der Waals surface area contributed by atoms with Crippen LogP contribution in [-0.4, -0.2) is 37.2 Å². The van der Waals surface area contributed by atoms with Gasteiger partial charge < -0.3 is 14.2 Å². The second-order valence-electron chi connectivity index (χ2n) is 18.4. The average molecular weight is 982 g/mol. The number of ether oxygens (including phenoxy) is 3. The van der Waals surface area contributed by atoms with E-state index in [2.05, 4.69) is 154 Å². The topological polar surface area (TPSA) is 78.9 Å². The Bertz CT molecular complexity index is 1550. The van der Waals surface area contributed by atoms with Crippen molar-refractivity contribution in [2.24, 2.45) is 0 Å². The van der Waals surface area contributed by atoms with Gasteiger partial charge in [0.15, 0.2) is 6.10 Å². The first kappa shape index (κ1) is 66.6. The van der Waals surface area contributed by atoms with Crippen LogP contribution in [0.3, 0.4) is 0 Å². The standard InChI is InChI=1S/C65H104O6/c1-4-7-10-13-16-19-22-25-28-30-32-34-37-40-43-46-49-52-55-58-64(67)70-61-62(60-69-63(66)57-54-51-48-45-42-39-36-27-24-21-18-15-12-9-6-3)71-65(68)59-56-53-50-47-44-41-38-35-33-31-29-26-23-20-17-14-11-8-5-2/h7-8,10-11,16-17,19-21,24-26,28-29,32-35,40-41,43-44,62H,4-6,9,12-15,18,22-23,27,30-31,36-39,42,45-61H2,1-3H3/b10-7-,11-8-,19-16-,20-17-,24-21-,28-25-,29-26-,34-32-,35-33-,43-40-,44-41-. The minimum atomic E-state index is -0.817. The monoisotopic (exact) mass is 981 g/mol. The molecule has 0 spiro atoms. The lowest BCUT2D eigenvalue weighted by molar-refractivity contribution is -0.167. The van der Waals surface area contributed by atoms with Crippen molar-refractivity contribution in [3.63, 3.8) is 0 Å². The van der Waals surface area contributed by atoms with Gasteiger partial charge in [0.2, 0.25) is 0 Å². The number of unbranched alkanes of at least 4 members (excludes halogenated alkanes) is 17. The van der Waals surface area contributed by atoms with Crippen LogP contribution in [0.2, 0.25) is 0 Å². The molecule has 0 heterocycles. The van der Waals surface area contributed by atoms with Gasteiger partial charge in [0.25, 0.3) is 0 Å². The van der Waals surface area contributed by atoms with E-state index in [0.29, 0.717) is 19.3 Å². The summed E-state index contributed by atoms with van der Waals surface area (Å²) in [5.41, 5.74) is 0. The molecule has 0 aromatic carbocycles. The maximum absolute atomic E-state index is 12.9. The van der Waals surface area contributed by atoms with Crippen LogP contribution in [0.25, 0.3) is 0 Å². The summed E-state index contributed by atoms with van der Waals surface area (Å²) in [7, 11) is 0. The molecule has 0 aliphatic carbocycles. The van der Waals surface area contributed by atoms with E-state index in [4.69, 9.17) is 14.2 Å². The Morgan fingerprint density at radius 3 is 0.887 bits per heavy atom. The van der Waals surface area contributed by atoms with Crippen LogP contribution in [0, 0.1) is 0 Å². The van der Waals surface area contributed by atoms with E-state index in [0.717, 1.165) is 128 Å². The summed E-state index contributed by atoms with van der Waals surface area (Å²) in [5.74, 6) is -0.983. The Morgan fingerprint density at radius 1 is 0.296 bits per heavy atom. The lowest BCUT2D eigenvalue weighted by atomic mass is 10.1. The first-order valence-corrected chi connectivity index (χ1v) is 28.7. The van der Waals surface area contributed by atoms with Crippen LogP contribution in [-0.2, 0) is 28.6 Å². The van der Waals surface area contributed by atoms with Crippen LogP contribution in [0.4, 0.5) is 0 Å². The molecule has 0 amide bonds. The maximum Gasteiger partial charge on any atom is 0.306 e. The lowest BCUT2D eigenvalue weighted by Gasteiger charge is -2.18. The van der Waals surface area contributed by atoms with Crippen LogP contribution in [0.1, 0.15) is 239 Å². The van der Waals surface area contributed by atoms with Crippen LogP contribution < -0.4 is 0 Å². The number of carbonyl (C=O) groups excluding carboxylic acids is 3.